The summed E-state index contributed by atoms with van der Waals surface area (Å²) in [6.45, 7) is 4.38. The van der Waals surface area contributed by atoms with E-state index < -0.39 is 0 Å². The van der Waals surface area contributed by atoms with E-state index in [0.29, 0.717) is 11.9 Å². The molecule has 1 saturated carbocycles. The van der Waals surface area contributed by atoms with E-state index in [-0.39, 0.29) is 5.92 Å². The molecule has 0 spiro atoms. The molecule has 1 amide bonds. The first-order valence-electron chi connectivity index (χ1n) is 12.2. The quantitative estimate of drug-likeness (QED) is 0.216. The molecule has 1 aliphatic carbocycles. The Morgan fingerprint density at radius 2 is 1.41 bits per heavy atom. The number of amides is 1. The zero-order chi connectivity index (χ0) is 19.6. The Labute approximate surface area is 170 Å². The highest BCUT2D eigenvalue weighted by Gasteiger charge is 2.19. The van der Waals surface area contributed by atoms with E-state index in [9.17, 15) is 4.79 Å². The van der Waals surface area contributed by atoms with Crippen LogP contribution >= 0.6 is 0 Å². The van der Waals surface area contributed by atoms with E-state index in [1.165, 1.54) is 109 Å². The molecule has 0 heterocycles. The van der Waals surface area contributed by atoms with Crippen molar-refractivity contribution in [2.75, 3.05) is 0 Å². The second-order valence-electron chi connectivity index (χ2n) is 8.76. The molecular weight excluding hydrogens is 330 g/mol. The number of hydrogen-bond donors (Lipinski definition) is 1. The highest BCUT2D eigenvalue weighted by molar-refractivity contribution is 5.78. The Balaban J connectivity index is 1.87. The summed E-state index contributed by atoms with van der Waals surface area (Å²) in [7, 11) is 0. The number of nitrogens with one attached hydrogen (secondary N) is 1. The van der Waals surface area contributed by atoms with Crippen LogP contribution in [0.25, 0.3) is 0 Å². The van der Waals surface area contributed by atoms with Gasteiger partial charge in [-0.3, -0.25) is 4.79 Å². The summed E-state index contributed by atoms with van der Waals surface area (Å²) in [6.07, 6.45) is 28.0. The third-order valence-corrected chi connectivity index (χ3v) is 6.05. The molecule has 0 bridgehead atoms. The van der Waals surface area contributed by atoms with Crippen LogP contribution in [0.15, 0.2) is 12.2 Å². The third-order valence-electron chi connectivity index (χ3n) is 6.05. The van der Waals surface area contributed by atoms with Gasteiger partial charge in [-0.15, -0.1) is 0 Å². The van der Waals surface area contributed by atoms with Crippen LogP contribution in [0.2, 0.25) is 0 Å². The van der Waals surface area contributed by atoms with Gasteiger partial charge in [0.05, 0.1) is 0 Å². The summed E-state index contributed by atoms with van der Waals surface area (Å²) >= 11 is 0. The lowest BCUT2D eigenvalue weighted by atomic mass is 9.94. The standard InChI is InChI=1S/C25H47NO/c1-3-4-5-6-7-8-9-10-11-12-13-14-15-17-20-23(2)25(27)26-24-21-18-16-19-22-24/h10-11,23-24H,3-9,12-22H2,1-2H3,(H,26,27). The fourth-order valence-corrected chi connectivity index (χ4v) is 4.07. The van der Waals surface area contributed by atoms with Gasteiger partial charge < -0.3 is 5.32 Å². The Bertz CT molecular complexity index is 371. The van der Waals surface area contributed by atoms with Crippen molar-refractivity contribution in [3.05, 3.63) is 12.2 Å². The van der Waals surface area contributed by atoms with Crippen LogP contribution < -0.4 is 5.32 Å². The van der Waals surface area contributed by atoms with Crippen LogP contribution in [0, 0.1) is 5.92 Å². The maximum atomic E-state index is 12.3. The smallest absolute Gasteiger partial charge is 0.223 e. The topological polar surface area (TPSA) is 29.1 Å². The van der Waals surface area contributed by atoms with E-state index in [1.807, 2.05) is 0 Å². The summed E-state index contributed by atoms with van der Waals surface area (Å²) in [6, 6.07) is 0.455. The molecule has 0 aromatic rings. The van der Waals surface area contributed by atoms with Gasteiger partial charge >= 0.3 is 0 Å². The summed E-state index contributed by atoms with van der Waals surface area (Å²) in [5.74, 6) is 0.476. The minimum Gasteiger partial charge on any atom is -0.353 e. The van der Waals surface area contributed by atoms with Crippen molar-refractivity contribution in [1.29, 1.82) is 0 Å². The molecule has 0 aromatic heterocycles. The van der Waals surface area contributed by atoms with Crippen molar-refractivity contribution < 1.29 is 4.79 Å². The molecule has 27 heavy (non-hydrogen) atoms. The lowest BCUT2D eigenvalue weighted by Crippen LogP contribution is -2.39. The van der Waals surface area contributed by atoms with Crippen LogP contribution in [0.1, 0.15) is 129 Å². The van der Waals surface area contributed by atoms with Crippen molar-refractivity contribution in [3.8, 4) is 0 Å². The van der Waals surface area contributed by atoms with Gasteiger partial charge in [0.1, 0.15) is 0 Å². The normalized spacial score (nSPS) is 16.7. The van der Waals surface area contributed by atoms with Crippen LogP contribution in [0.4, 0.5) is 0 Å². The average molecular weight is 378 g/mol. The van der Waals surface area contributed by atoms with E-state index in [4.69, 9.17) is 0 Å². The van der Waals surface area contributed by atoms with Crippen LogP contribution in [-0.4, -0.2) is 11.9 Å². The fourth-order valence-electron chi connectivity index (χ4n) is 4.07. The summed E-state index contributed by atoms with van der Waals surface area (Å²) in [4.78, 5) is 12.3. The van der Waals surface area contributed by atoms with Crippen LogP contribution in [0.3, 0.4) is 0 Å². The summed E-state index contributed by atoms with van der Waals surface area (Å²) in [5.41, 5.74) is 0. The van der Waals surface area contributed by atoms with Crippen molar-refractivity contribution >= 4 is 5.91 Å². The predicted molar refractivity (Wildman–Crippen MR) is 119 cm³/mol. The van der Waals surface area contributed by atoms with E-state index in [0.717, 1.165) is 6.42 Å². The second-order valence-corrected chi connectivity index (χ2v) is 8.76. The highest BCUT2D eigenvalue weighted by Crippen LogP contribution is 2.19. The molecular formula is C25H47NO. The zero-order valence-corrected chi connectivity index (χ0v) is 18.4. The first kappa shape index (κ1) is 24.2. The van der Waals surface area contributed by atoms with Gasteiger partial charge in [0.25, 0.3) is 0 Å². The first-order valence-corrected chi connectivity index (χ1v) is 12.2. The zero-order valence-electron chi connectivity index (χ0n) is 18.4. The highest BCUT2D eigenvalue weighted by atomic mass is 16.1. The van der Waals surface area contributed by atoms with Gasteiger partial charge in [0.15, 0.2) is 0 Å². The van der Waals surface area contributed by atoms with Crippen LogP contribution in [-0.2, 0) is 4.79 Å². The summed E-state index contributed by atoms with van der Waals surface area (Å²) in [5, 5.41) is 3.27. The number of unbranched alkanes of at least 4 members (excludes halogenated alkanes) is 10. The van der Waals surface area contributed by atoms with Crippen molar-refractivity contribution in [2.24, 2.45) is 5.92 Å². The van der Waals surface area contributed by atoms with Gasteiger partial charge in [-0.2, -0.15) is 0 Å². The summed E-state index contributed by atoms with van der Waals surface area (Å²) < 4.78 is 0. The van der Waals surface area contributed by atoms with Crippen molar-refractivity contribution in [1.82, 2.24) is 5.32 Å². The largest absolute Gasteiger partial charge is 0.353 e. The lowest BCUT2D eigenvalue weighted by molar-refractivity contribution is -0.125. The molecule has 0 aliphatic heterocycles. The molecule has 1 aliphatic rings. The molecule has 0 aromatic carbocycles. The van der Waals surface area contributed by atoms with Gasteiger partial charge in [-0.05, 0) is 44.9 Å². The Morgan fingerprint density at radius 3 is 2.04 bits per heavy atom. The Morgan fingerprint density at radius 1 is 0.852 bits per heavy atom. The minimum absolute atomic E-state index is 0.184. The molecule has 1 rings (SSSR count). The number of allylic oxidation sites excluding steroid dienone is 2. The molecule has 158 valence electrons. The number of hydrogen-bond acceptors (Lipinski definition) is 1. The lowest BCUT2D eigenvalue weighted by Gasteiger charge is -2.24. The van der Waals surface area contributed by atoms with Gasteiger partial charge in [-0.1, -0.05) is 96.6 Å². The van der Waals surface area contributed by atoms with E-state index in [1.54, 1.807) is 0 Å². The molecule has 2 heteroatoms. The first-order chi connectivity index (χ1) is 13.2. The minimum atomic E-state index is 0.184. The average Bonchev–Trinajstić information content (AvgIpc) is 2.68. The molecule has 1 unspecified atom stereocenters. The second kappa shape index (κ2) is 17.3. The monoisotopic (exact) mass is 377 g/mol. The third kappa shape index (κ3) is 13.9. The van der Waals surface area contributed by atoms with E-state index in [2.05, 4.69) is 31.3 Å². The number of carbonyl (C=O) groups is 1. The fraction of sp³-hybridized carbons (Fsp3) is 0.880. The Hall–Kier alpha value is -0.790. The van der Waals surface area contributed by atoms with Gasteiger partial charge in [0, 0.05) is 12.0 Å². The molecule has 0 radical (unpaired) electrons. The van der Waals surface area contributed by atoms with Gasteiger partial charge in [-0.25, -0.2) is 0 Å². The maximum Gasteiger partial charge on any atom is 0.223 e. The number of carbonyl (C=O) groups excluding carboxylic acids is 1. The number of rotatable bonds is 16. The molecule has 2 nitrogen and oxygen atoms in total. The molecule has 0 saturated heterocycles. The van der Waals surface area contributed by atoms with Crippen LogP contribution in [0.5, 0.6) is 0 Å². The van der Waals surface area contributed by atoms with E-state index >= 15 is 0 Å². The molecule has 1 N–H and O–H groups in total. The van der Waals surface area contributed by atoms with Crippen molar-refractivity contribution in [2.45, 2.75) is 135 Å². The Kier molecular flexibility index (Phi) is 15.6. The van der Waals surface area contributed by atoms with Crippen molar-refractivity contribution in [3.63, 3.8) is 0 Å². The SMILES string of the molecule is CCCCCCCCC=CCCCCCCC(C)C(=O)NC1CCCCC1. The molecule has 1 fully saturated rings. The molecule has 1 atom stereocenters. The maximum absolute atomic E-state index is 12.3. The predicted octanol–water partition coefficient (Wildman–Crippen LogP) is 7.72. The van der Waals surface area contributed by atoms with Gasteiger partial charge in [0.2, 0.25) is 5.91 Å².